The Hall–Kier alpha value is -3.36. The van der Waals surface area contributed by atoms with Crippen molar-refractivity contribution >= 4 is 17.8 Å². The summed E-state index contributed by atoms with van der Waals surface area (Å²) in [6.07, 6.45) is 2.91. The largest absolute Gasteiger partial charge is 0.459 e. The third kappa shape index (κ3) is 6.61. The van der Waals surface area contributed by atoms with Crippen molar-refractivity contribution in [1.82, 2.24) is 10.2 Å². The first kappa shape index (κ1) is 24.8. The zero-order chi connectivity index (χ0) is 24.9. The number of hydrogen-bond acceptors (Lipinski definition) is 4. The van der Waals surface area contributed by atoms with Crippen molar-refractivity contribution in [2.24, 2.45) is 5.92 Å². The molecular weight excluding hydrogens is 461 g/mol. The number of nitrogens with zero attached hydrogens (tertiary/aromatic N) is 1. The molecule has 0 unspecified atom stereocenters. The number of nitrogens with one attached hydrogen (secondary N) is 1. The quantitative estimate of drug-likeness (QED) is 0.513. The standard InChI is InChI=1S/C26H27F3N2O4/c27-19-5-1-3-17(11-19)15-35-26(34)22(12-16-7-8-16)30-23(32)13-20-9-10-24(33)31(20)14-18-4-2-6-21(28)25(18)29/h1-6,11,16,20,22H,7-10,12-15H2,(H,30,32)/t20-,22-/m0/s1. The first-order chi connectivity index (χ1) is 16.8. The summed E-state index contributed by atoms with van der Waals surface area (Å²) in [6.45, 7) is -0.251. The van der Waals surface area contributed by atoms with Crippen LogP contribution in [-0.2, 0) is 32.3 Å². The molecule has 1 saturated heterocycles. The van der Waals surface area contributed by atoms with Gasteiger partial charge in [0.25, 0.3) is 0 Å². The van der Waals surface area contributed by atoms with Crippen LogP contribution in [0.25, 0.3) is 0 Å². The molecule has 2 amide bonds. The van der Waals surface area contributed by atoms with Gasteiger partial charge < -0.3 is 15.0 Å². The van der Waals surface area contributed by atoms with Crippen LogP contribution in [0.2, 0.25) is 0 Å². The zero-order valence-electron chi connectivity index (χ0n) is 19.1. The van der Waals surface area contributed by atoms with E-state index in [1.165, 1.54) is 35.2 Å². The number of benzene rings is 2. The highest BCUT2D eigenvalue weighted by Crippen LogP contribution is 2.34. The average Bonchev–Trinajstić information content (AvgIpc) is 3.58. The number of amides is 2. The molecule has 2 aromatic rings. The summed E-state index contributed by atoms with van der Waals surface area (Å²) in [4.78, 5) is 39.3. The lowest BCUT2D eigenvalue weighted by Gasteiger charge is -2.26. The molecule has 1 heterocycles. The molecule has 1 saturated carbocycles. The number of ether oxygens (including phenoxy) is 1. The van der Waals surface area contributed by atoms with E-state index in [0.717, 1.165) is 18.9 Å². The first-order valence-corrected chi connectivity index (χ1v) is 11.7. The van der Waals surface area contributed by atoms with Crippen molar-refractivity contribution in [2.45, 2.75) is 63.8 Å². The summed E-state index contributed by atoms with van der Waals surface area (Å²) in [7, 11) is 0. The molecule has 0 bridgehead atoms. The number of carbonyl (C=O) groups is 3. The highest BCUT2D eigenvalue weighted by atomic mass is 19.2. The van der Waals surface area contributed by atoms with Crippen LogP contribution in [0.1, 0.15) is 49.7 Å². The van der Waals surface area contributed by atoms with Crippen LogP contribution in [0, 0.1) is 23.4 Å². The van der Waals surface area contributed by atoms with Gasteiger partial charge in [-0.05, 0) is 42.5 Å². The van der Waals surface area contributed by atoms with E-state index in [2.05, 4.69) is 5.32 Å². The number of halogens is 3. The Kier molecular flexibility index (Phi) is 7.73. The lowest BCUT2D eigenvalue weighted by molar-refractivity contribution is -0.149. The van der Waals surface area contributed by atoms with Crippen molar-refractivity contribution < 1.29 is 32.3 Å². The van der Waals surface area contributed by atoms with Crippen LogP contribution in [-0.4, -0.2) is 34.8 Å². The highest BCUT2D eigenvalue weighted by molar-refractivity contribution is 5.86. The lowest BCUT2D eigenvalue weighted by atomic mass is 10.1. The molecule has 0 radical (unpaired) electrons. The molecule has 2 aromatic carbocycles. The predicted molar refractivity (Wildman–Crippen MR) is 120 cm³/mol. The number of rotatable bonds is 10. The van der Waals surface area contributed by atoms with Crippen molar-refractivity contribution in [1.29, 1.82) is 0 Å². The molecule has 186 valence electrons. The molecule has 1 aliphatic heterocycles. The predicted octanol–water partition coefficient (Wildman–Crippen LogP) is 4.01. The molecule has 2 atom stereocenters. The van der Waals surface area contributed by atoms with E-state index in [0.29, 0.717) is 24.3 Å². The van der Waals surface area contributed by atoms with Gasteiger partial charge in [0.15, 0.2) is 11.6 Å². The van der Waals surface area contributed by atoms with Crippen LogP contribution in [0.3, 0.4) is 0 Å². The Balaban J connectivity index is 1.36. The fourth-order valence-corrected chi connectivity index (χ4v) is 4.33. The van der Waals surface area contributed by atoms with Gasteiger partial charge in [0, 0.05) is 31.0 Å². The molecule has 0 spiro atoms. The van der Waals surface area contributed by atoms with Gasteiger partial charge in [0.2, 0.25) is 11.8 Å². The van der Waals surface area contributed by atoms with Gasteiger partial charge in [0.1, 0.15) is 18.5 Å². The van der Waals surface area contributed by atoms with Gasteiger partial charge in [-0.3, -0.25) is 9.59 Å². The Morgan fingerprint density at radius 1 is 1.09 bits per heavy atom. The molecule has 6 nitrogen and oxygen atoms in total. The molecular formula is C26H27F3N2O4. The number of hydrogen-bond donors (Lipinski definition) is 1. The summed E-state index contributed by atoms with van der Waals surface area (Å²) in [5.41, 5.74) is 0.540. The lowest BCUT2D eigenvalue weighted by Crippen LogP contribution is -2.44. The minimum Gasteiger partial charge on any atom is -0.459 e. The van der Waals surface area contributed by atoms with E-state index in [9.17, 15) is 27.6 Å². The Morgan fingerprint density at radius 2 is 1.86 bits per heavy atom. The minimum atomic E-state index is -1.01. The third-order valence-corrected chi connectivity index (χ3v) is 6.40. The Morgan fingerprint density at radius 3 is 2.60 bits per heavy atom. The van der Waals surface area contributed by atoms with Crippen molar-refractivity contribution in [3.63, 3.8) is 0 Å². The van der Waals surface area contributed by atoms with Gasteiger partial charge in [-0.25, -0.2) is 18.0 Å². The SMILES string of the molecule is O=C(C[C@@H]1CCC(=O)N1Cc1cccc(F)c1F)N[C@@H](CC1CC1)C(=O)OCc1cccc(F)c1. The van der Waals surface area contributed by atoms with Crippen molar-refractivity contribution in [3.05, 3.63) is 71.0 Å². The van der Waals surface area contributed by atoms with Gasteiger partial charge in [-0.15, -0.1) is 0 Å². The molecule has 1 aliphatic carbocycles. The monoisotopic (exact) mass is 488 g/mol. The minimum absolute atomic E-state index is 0.0400. The fourth-order valence-electron chi connectivity index (χ4n) is 4.33. The molecule has 2 aliphatic rings. The number of likely N-dealkylation sites (tertiary alicyclic amines) is 1. The summed E-state index contributed by atoms with van der Waals surface area (Å²) in [5.74, 6) is -3.39. The van der Waals surface area contributed by atoms with E-state index >= 15 is 0 Å². The highest BCUT2D eigenvalue weighted by Gasteiger charge is 2.35. The molecule has 4 rings (SSSR count). The summed E-state index contributed by atoms with van der Waals surface area (Å²) in [5, 5.41) is 2.72. The van der Waals surface area contributed by atoms with Gasteiger partial charge in [0.05, 0.1) is 0 Å². The van der Waals surface area contributed by atoms with Gasteiger partial charge in [-0.2, -0.15) is 0 Å². The second-order valence-electron chi connectivity index (χ2n) is 9.17. The van der Waals surface area contributed by atoms with Gasteiger partial charge >= 0.3 is 5.97 Å². The van der Waals surface area contributed by atoms with Crippen LogP contribution in [0.4, 0.5) is 13.2 Å². The topological polar surface area (TPSA) is 75.7 Å². The van der Waals surface area contributed by atoms with Crippen LogP contribution < -0.4 is 5.32 Å². The Bertz CT molecular complexity index is 1110. The molecule has 9 heteroatoms. The normalized spacial score (nSPS) is 18.4. The zero-order valence-corrected chi connectivity index (χ0v) is 19.1. The summed E-state index contributed by atoms with van der Waals surface area (Å²) >= 11 is 0. The maximum Gasteiger partial charge on any atom is 0.328 e. The van der Waals surface area contributed by atoms with Crippen molar-refractivity contribution in [2.75, 3.05) is 0 Å². The van der Waals surface area contributed by atoms with E-state index in [1.54, 1.807) is 6.07 Å². The van der Waals surface area contributed by atoms with E-state index in [-0.39, 0.29) is 37.5 Å². The molecule has 35 heavy (non-hydrogen) atoms. The van der Waals surface area contributed by atoms with E-state index in [1.807, 2.05) is 0 Å². The van der Waals surface area contributed by atoms with Crippen molar-refractivity contribution in [3.8, 4) is 0 Å². The molecule has 2 fully saturated rings. The molecule has 0 aromatic heterocycles. The smallest absolute Gasteiger partial charge is 0.328 e. The third-order valence-electron chi connectivity index (χ3n) is 6.40. The van der Waals surface area contributed by atoms with E-state index < -0.39 is 41.4 Å². The van der Waals surface area contributed by atoms with E-state index in [4.69, 9.17) is 4.74 Å². The summed E-state index contributed by atoms with van der Waals surface area (Å²) in [6, 6.07) is 8.16. The Labute approximate surface area is 201 Å². The average molecular weight is 489 g/mol. The summed E-state index contributed by atoms with van der Waals surface area (Å²) < 4.78 is 46.4. The van der Waals surface area contributed by atoms with Gasteiger partial charge in [-0.1, -0.05) is 37.1 Å². The number of esters is 1. The maximum atomic E-state index is 14.1. The first-order valence-electron chi connectivity index (χ1n) is 11.7. The van der Waals surface area contributed by atoms with Crippen LogP contribution in [0.15, 0.2) is 42.5 Å². The maximum absolute atomic E-state index is 14.1. The fraction of sp³-hybridized carbons (Fsp3) is 0.423. The van der Waals surface area contributed by atoms with Crippen LogP contribution >= 0.6 is 0 Å². The second kappa shape index (κ2) is 10.9. The molecule has 1 N–H and O–H groups in total. The second-order valence-corrected chi connectivity index (χ2v) is 9.17. The van der Waals surface area contributed by atoms with Crippen LogP contribution in [0.5, 0.6) is 0 Å². The number of carbonyl (C=O) groups excluding carboxylic acids is 3.